The van der Waals surface area contributed by atoms with Crippen molar-refractivity contribution < 1.29 is 9.53 Å². The molecule has 1 heterocycles. The summed E-state index contributed by atoms with van der Waals surface area (Å²) in [5.41, 5.74) is 2.79. The second kappa shape index (κ2) is 10.2. The number of amides is 1. The van der Waals surface area contributed by atoms with E-state index in [4.69, 9.17) is 4.74 Å². The summed E-state index contributed by atoms with van der Waals surface area (Å²) in [6.07, 6.45) is 1.53. The number of ether oxygens (including phenoxy) is 1. The number of carbonyl (C=O) groups excluding carboxylic acids is 1. The molecule has 0 radical (unpaired) electrons. The molecule has 1 amide bonds. The van der Waals surface area contributed by atoms with Crippen LogP contribution in [-0.2, 0) is 11.4 Å². The molecule has 30 heavy (non-hydrogen) atoms. The molecule has 0 saturated carbocycles. The van der Waals surface area contributed by atoms with Crippen LogP contribution in [0.5, 0.6) is 5.75 Å². The highest BCUT2D eigenvalue weighted by Gasteiger charge is 2.17. The first kappa shape index (κ1) is 21.1. The number of nitrogens with one attached hydrogen (secondary N) is 3. The van der Waals surface area contributed by atoms with Gasteiger partial charge in [0.25, 0.3) is 11.5 Å². The number of para-hydroxylation sites is 1. The largest absolute Gasteiger partial charge is 0.489 e. The molecule has 0 saturated heterocycles. The lowest BCUT2D eigenvalue weighted by molar-refractivity contribution is -0.120. The Kier molecular flexibility index (Phi) is 7.17. The number of nitrogens with zero attached hydrogens (tertiary/aromatic N) is 2. The highest BCUT2D eigenvalue weighted by Crippen LogP contribution is 2.16. The molecular formula is C20H19N5O4S. The lowest BCUT2D eigenvalue weighted by Gasteiger charge is -2.09. The Balaban J connectivity index is 1.58. The third-order valence-electron chi connectivity index (χ3n) is 3.91. The summed E-state index contributed by atoms with van der Waals surface area (Å²) in [6, 6.07) is 17.0. The fourth-order valence-corrected chi connectivity index (χ4v) is 3.11. The van der Waals surface area contributed by atoms with Crippen molar-refractivity contribution in [3.05, 3.63) is 86.6 Å². The van der Waals surface area contributed by atoms with Crippen LogP contribution < -0.4 is 21.4 Å². The van der Waals surface area contributed by atoms with E-state index in [1.165, 1.54) is 6.21 Å². The number of benzene rings is 2. The van der Waals surface area contributed by atoms with Gasteiger partial charge in [0.1, 0.15) is 12.4 Å². The van der Waals surface area contributed by atoms with Gasteiger partial charge in [0.15, 0.2) is 5.03 Å². The van der Waals surface area contributed by atoms with Crippen LogP contribution in [0.1, 0.15) is 18.1 Å². The standard InChI is InChI=1S/C20H19N5O4S/c1-13(30-19-18(27)22-20(28)25-24-19)17(26)23-21-11-14-7-5-6-8-15(14)12-29-16-9-3-2-4-10-16/h2-11,13H,12H2,1H3,(H,23,26)(H2,22,25,27,28)/b21-11+. The molecule has 0 bridgehead atoms. The predicted molar refractivity (Wildman–Crippen MR) is 114 cm³/mol. The van der Waals surface area contributed by atoms with Crippen molar-refractivity contribution in [3.63, 3.8) is 0 Å². The lowest BCUT2D eigenvalue weighted by atomic mass is 10.1. The molecule has 3 N–H and O–H groups in total. The normalized spacial score (nSPS) is 11.9. The van der Waals surface area contributed by atoms with E-state index in [0.29, 0.717) is 6.61 Å². The van der Waals surface area contributed by atoms with Gasteiger partial charge < -0.3 is 4.74 Å². The van der Waals surface area contributed by atoms with Gasteiger partial charge in [0.05, 0.1) is 11.5 Å². The zero-order chi connectivity index (χ0) is 21.3. The number of rotatable bonds is 8. The third-order valence-corrected chi connectivity index (χ3v) is 4.98. The molecule has 1 atom stereocenters. The Bertz CT molecular complexity index is 1140. The number of H-pyrrole nitrogens is 2. The summed E-state index contributed by atoms with van der Waals surface area (Å²) in [7, 11) is 0. The highest BCUT2D eigenvalue weighted by atomic mass is 32.2. The van der Waals surface area contributed by atoms with E-state index < -0.39 is 22.4 Å². The number of hydrazone groups is 1. The summed E-state index contributed by atoms with van der Waals surface area (Å²) < 4.78 is 5.77. The Morgan fingerprint density at radius 2 is 1.93 bits per heavy atom. The second-order valence-corrected chi connectivity index (χ2v) is 7.44. The average Bonchev–Trinajstić information content (AvgIpc) is 2.75. The van der Waals surface area contributed by atoms with Gasteiger partial charge in [0.2, 0.25) is 0 Å². The van der Waals surface area contributed by atoms with Crippen LogP contribution in [0, 0.1) is 0 Å². The zero-order valence-corrected chi connectivity index (χ0v) is 16.8. The van der Waals surface area contributed by atoms with E-state index in [9.17, 15) is 14.4 Å². The van der Waals surface area contributed by atoms with Gasteiger partial charge in [-0.15, -0.1) is 0 Å². The second-order valence-electron chi connectivity index (χ2n) is 6.11. The Labute approximate surface area is 175 Å². The molecule has 0 fully saturated rings. The van der Waals surface area contributed by atoms with Gasteiger partial charge >= 0.3 is 5.69 Å². The molecule has 2 aromatic carbocycles. The Morgan fingerprint density at radius 1 is 1.20 bits per heavy atom. The smallest absolute Gasteiger partial charge is 0.342 e. The quantitative estimate of drug-likeness (QED) is 0.286. The van der Waals surface area contributed by atoms with E-state index in [1.54, 1.807) is 6.92 Å². The molecular weight excluding hydrogens is 406 g/mol. The molecule has 9 nitrogen and oxygen atoms in total. The van der Waals surface area contributed by atoms with E-state index in [1.807, 2.05) is 54.6 Å². The first-order valence-electron chi connectivity index (χ1n) is 8.97. The minimum absolute atomic E-state index is 0.00960. The molecule has 10 heteroatoms. The summed E-state index contributed by atoms with van der Waals surface area (Å²) in [5, 5.41) is 9.09. The molecule has 1 unspecified atom stereocenters. The van der Waals surface area contributed by atoms with Crippen molar-refractivity contribution in [1.82, 2.24) is 20.6 Å². The van der Waals surface area contributed by atoms with Crippen LogP contribution in [-0.4, -0.2) is 32.6 Å². The van der Waals surface area contributed by atoms with Gasteiger partial charge in [-0.2, -0.15) is 10.2 Å². The van der Waals surface area contributed by atoms with Gasteiger partial charge in [-0.25, -0.2) is 15.3 Å². The summed E-state index contributed by atoms with van der Waals surface area (Å²) in [6.45, 7) is 1.95. The van der Waals surface area contributed by atoms with Crippen LogP contribution in [0.15, 0.2) is 74.3 Å². The van der Waals surface area contributed by atoms with Crippen molar-refractivity contribution in [2.24, 2.45) is 5.10 Å². The maximum atomic E-state index is 12.2. The van der Waals surface area contributed by atoms with Crippen LogP contribution in [0.25, 0.3) is 0 Å². The minimum Gasteiger partial charge on any atom is -0.489 e. The maximum absolute atomic E-state index is 12.2. The molecule has 3 rings (SSSR count). The van der Waals surface area contributed by atoms with E-state index in [0.717, 1.165) is 28.6 Å². The van der Waals surface area contributed by atoms with Crippen LogP contribution in [0.2, 0.25) is 0 Å². The number of aromatic nitrogens is 3. The fourth-order valence-electron chi connectivity index (χ4n) is 2.36. The van der Waals surface area contributed by atoms with Crippen molar-refractivity contribution in [3.8, 4) is 5.75 Å². The molecule has 154 valence electrons. The molecule has 3 aromatic rings. The predicted octanol–water partition coefficient (Wildman–Crippen LogP) is 1.67. The van der Waals surface area contributed by atoms with E-state index in [-0.39, 0.29) is 5.03 Å². The SMILES string of the molecule is CC(Sc1n[nH]c(=O)[nH]c1=O)C(=O)N/N=C/c1ccccc1COc1ccccc1. The lowest BCUT2D eigenvalue weighted by Crippen LogP contribution is -2.30. The van der Waals surface area contributed by atoms with Crippen molar-refractivity contribution >= 4 is 23.9 Å². The zero-order valence-electron chi connectivity index (χ0n) is 16.0. The first-order valence-corrected chi connectivity index (χ1v) is 9.85. The first-order chi connectivity index (χ1) is 14.5. The van der Waals surface area contributed by atoms with Gasteiger partial charge in [-0.3, -0.25) is 14.6 Å². The van der Waals surface area contributed by atoms with Crippen LogP contribution >= 0.6 is 11.8 Å². The molecule has 0 aliphatic carbocycles. The van der Waals surface area contributed by atoms with E-state index >= 15 is 0 Å². The third kappa shape index (κ3) is 5.92. The maximum Gasteiger partial charge on any atom is 0.342 e. The number of thioether (sulfide) groups is 1. The van der Waals surface area contributed by atoms with Gasteiger partial charge in [0, 0.05) is 5.56 Å². The highest BCUT2D eigenvalue weighted by molar-refractivity contribution is 8.00. The number of carbonyl (C=O) groups is 1. The topological polar surface area (TPSA) is 129 Å². The summed E-state index contributed by atoms with van der Waals surface area (Å²) in [4.78, 5) is 37.0. The summed E-state index contributed by atoms with van der Waals surface area (Å²) >= 11 is 0.911. The minimum atomic E-state index is -0.707. The van der Waals surface area contributed by atoms with Crippen molar-refractivity contribution in [1.29, 1.82) is 0 Å². The Hall–Kier alpha value is -3.66. The van der Waals surface area contributed by atoms with E-state index in [2.05, 4.69) is 25.7 Å². The molecule has 0 aliphatic heterocycles. The van der Waals surface area contributed by atoms with Crippen molar-refractivity contribution in [2.75, 3.05) is 0 Å². The molecule has 0 spiro atoms. The van der Waals surface area contributed by atoms with Crippen LogP contribution in [0.4, 0.5) is 0 Å². The average molecular weight is 425 g/mol. The van der Waals surface area contributed by atoms with Gasteiger partial charge in [-0.1, -0.05) is 54.2 Å². The number of hydrogen-bond acceptors (Lipinski definition) is 7. The molecule has 0 aliphatic rings. The van der Waals surface area contributed by atoms with Crippen LogP contribution in [0.3, 0.4) is 0 Å². The molecule has 1 aromatic heterocycles. The Morgan fingerprint density at radius 3 is 2.70 bits per heavy atom. The number of aromatic amines is 2. The van der Waals surface area contributed by atoms with Crippen molar-refractivity contribution in [2.45, 2.75) is 23.8 Å². The van der Waals surface area contributed by atoms with Gasteiger partial charge in [-0.05, 0) is 24.6 Å². The summed E-state index contributed by atoms with van der Waals surface area (Å²) in [5.74, 6) is 0.343. The monoisotopic (exact) mass is 425 g/mol. The number of hydrogen-bond donors (Lipinski definition) is 3. The fraction of sp³-hybridized carbons (Fsp3) is 0.150.